The van der Waals surface area contributed by atoms with Crippen LogP contribution in [0.4, 0.5) is 0 Å². The van der Waals surface area contributed by atoms with Gasteiger partial charge in [0.05, 0.1) is 0 Å². The number of carbonyl (C=O) groups excluding carboxylic acids is 1. The third-order valence-electron chi connectivity index (χ3n) is 2.79. The molecule has 0 aliphatic heterocycles. The molecular weight excluding hydrogens is 188 g/mol. The lowest BCUT2D eigenvalue weighted by Gasteiger charge is -2.16. The molecule has 0 bridgehead atoms. The maximum absolute atomic E-state index is 11.6. The average Bonchev–Trinajstić information content (AvgIpc) is 3.10. The molecule has 1 fully saturated rings. The third kappa shape index (κ3) is 2.78. The van der Waals surface area contributed by atoms with E-state index in [1.54, 1.807) is 12.4 Å². The SMILES string of the molecule is CN(CCc1ccncc1)C(=O)C1CC1. The second-order valence-electron chi connectivity index (χ2n) is 4.14. The molecule has 3 nitrogen and oxygen atoms in total. The van der Waals surface area contributed by atoms with Crippen LogP contribution in [0.25, 0.3) is 0 Å². The monoisotopic (exact) mass is 204 g/mol. The molecule has 0 saturated heterocycles. The summed E-state index contributed by atoms with van der Waals surface area (Å²) in [5.74, 6) is 0.636. The third-order valence-corrected chi connectivity index (χ3v) is 2.79. The van der Waals surface area contributed by atoms with E-state index in [2.05, 4.69) is 4.98 Å². The van der Waals surface area contributed by atoms with Gasteiger partial charge >= 0.3 is 0 Å². The summed E-state index contributed by atoms with van der Waals surface area (Å²) in [6, 6.07) is 3.99. The van der Waals surface area contributed by atoms with Gasteiger partial charge in [0, 0.05) is 31.9 Å². The van der Waals surface area contributed by atoms with Crippen LogP contribution in [0.15, 0.2) is 24.5 Å². The number of amides is 1. The van der Waals surface area contributed by atoms with Crippen molar-refractivity contribution in [2.75, 3.05) is 13.6 Å². The summed E-state index contributed by atoms with van der Waals surface area (Å²) in [6.07, 6.45) is 6.66. The summed E-state index contributed by atoms with van der Waals surface area (Å²) in [5.41, 5.74) is 1.24. The molecule has 0 atom stereocenters. The molecule has 0 aromatic carbocycles. The summed E-state index contributed by atoms with van der Waals surface area (Å²) in [6.45, 7) is 0.805. The number of carbonyl (C=O) groups is 1. The zero-order chi connectivity index (χ0) is 10.7. The number of hydrogen-bond acceptors (Lipinski definition) is 2. The van der Waals surface area contributed by atoms with Gasteiger partial charge in [-0.15, -0.1) is 0 Å². The first kappa shape index (κ1) is 10.1. The Morgan fingerprint density at radius 1 is 1.47 bits per heavy atom. The number of rotatable bonds is 4. The van der Waals surface area contributed by atoms with E-state index in [1.165, 1.54) is 5.56 Å². The lowest BCUT2D eigenvalue weighted by atomic mass is 10.2. The Bertz CT molecular complexity index is 333. The summed E-state index contributed by atoms with van der Waals surface area (Å²) in [7, 11) is 1.89. The molecule has 0 spiro atoms. The maximum Gasteiger partial charge on any atom is 0.225 e. The Morgan fingerprint density at radius 2 is 2.13 bits per heavy atom. The van der Waals surface area contributed by atoms with Gasteiger partial charge in [0.2, 0.25) is 5.91 Å². The molecule has 1 aromatic heterocycles. The van der Waals surface area contributed by atoms with Gasteiger partial charge in [-0.3, -0.25) is 9.78 Å². The van der Waals surface area contributed by atoms with Crippen LogP contribution < -0.4 is 0 Å². The molecule has 1 aromatic rings. The second-order valence-corrected chi connectivity index (χ2v) is 4.14. The first-order valence-corrected chi connectivity index (χ1v) is 5.41. The van der Waals surface area contributed by atoms with E-state index in [-0.39, 0.29) is 0 Å². The minimum Gasteiger partial charge on any atom is -0.345 e. The van der Waals surface area contributed by atoms with E-state index in [9.17, 15) is 4.79 Å². The maximum atomic E-state index is 11.6. The fourth-order valence-corrected chi connectivity index (χ4v) is 1.60. The predicted octanol–water partition coefficient (Wildman–Crippen LogP) is 1.49. The van der Waals surface area contributed by atoms with Crippen LogP contribution >= 0.6 is 0 Å². The summed E-state index contributed by atoms with van der Waals surface area (Å²) in [5, 5.41) is 0. The van der Waals surface area contributed by atoms with Gasteiger partial charge in [0.15, 0.2) is 0 Å². The molecule has 1 amide bonds. The van der Waals surface area contributed by atoms with E-state index < -0.39 is 0 Å². The lowest BCUT2D eigenvalue weighted by molar-refractivity contribution is -0.131. The zero-order valence-corrected chi connectivity index (χ0v) is 9.02. The van der Waals surface area contributed by atoms with Crippen LogP contribution in [0.2, 0.25) is 0 Å². The van der Waals surface area contributed by atoms with Gasteiger partial charge in [-0.2, -0.15) is 0 Å². The summed E-state index contributed by atoms with van der Waals surface area (Å²) in [4.78, 5) is 17.5. The minimum atomic E-state index is 0.309. The Balaban J connectivity index is 1.80. The van der Waals surface area contributed by atoms with Gasteiger partial charge < -0.3 is 4.90 Å². The Hall–Kier alpha value is -1.38. The van der Waals surface area contributed by atoms with Crippen LogP contribution in [-0.2, 0) is 11.2 Å². The van der Waals surface area contributed by atoms with E-state index in [0.717, 1.165) is 25.8 Å². The van der Waals surface area contributed by atoms with Crippen molar-refractivity contribution in [1.29, 1.82) is 0 Å². The molecule has 1 heterocycles. The standard InChI is InChI=1S/C12H16N2O/c1-14(12(15)11-2-3-11)9-6-10-4-7-13-8-5-10/h4-5,7-8,11H,2-3,6,9H2,1H3. The number of pyridine rings is 1. The first-order chi connectivity index (χ1) is 7.27. The molecule has 1 saturated carbocycles. The van der Waals surface area contributed by atoms with Crippen molar-refractivity contribution in [1.82, 2.24) is 9.88 Å². The Morgan fingerprint density at radius 3 is 2.73 bits per heavy atom. The zero-order valence-electron chi connectivity index (χ0n) is 9.02. The highest BCUT2D eigenvalue weighted by molar-refractivity contribution is 5.80. The fraction of sp³-hybridized carbons (Fsp3) is 0.500. The smallest absolute Gasteiger partial charge is 0.225 e. The van der Waals surface area contributed by atoms with Crippen molar-refractivity contribution >= 4 is 5.91 Å². The highest BCUT2D eigenvalue weighted by Gasteiger charge is 2.31. The van der Waals surface area contributed by atoms with Crippen molar-refractivity contribution in [3.63, 3.8) is 0 Å². The highest BCUT2D eigenvalue weighted by atomic mass is 16.2. The fourth-order valence-electron chi connectivity index (χ4n) is 1.60. The van der Waals surface area contributed by atoms with Crippen molar-refractivity contribution in [3.05, 3.63) is 30.1 Å². The molecule has 80 valence electrons. The second kappa shape index (κ2) is 4.43. The predicted molar refractivity (Wildman–Crippen MR) is 58.3 cm³/mol. The van der Waals surface area contributed by atoms with E-state index in [4.69, 9.17) is 0 Å². The van der Waals surface area contributed by atoms with Gasteiger partial charge in [0.1, 0.15) is 0 Å². The Labute approximate surface area is 90.1 Å². The molecule has 15 heavy (non-hydrogen) atoms. The lowest BCUT2D eigenvalue weighted by Crippen LogP contribution is -2.29. The summed E-state index contributed by atoms with van der Waals surface area (Å²) < 4.78 is 0. The molecule has 1 aliphatic carbocycles. The normalized spacial score (nSPS) is 15.0. The van der Waals surface area contributed by atoms with E-state index >= 15 is 0 Å². The summed E-state index contributed by atoms with van der Waals surface area (Å²) >= 11 is 0. The van der Waals surface area contributed by atoms with Crippen LogP contribution in [0.3, 0.4) is 0 Å². The molecule has 2 rings (SSSR count). The van der Waals surface area contributed by atoms with Gasteiger partial charge in [-0.25, -0.2) is 0 Å². The van der Waals surface area contributed by atoms with Gasteiger partial charge in [-0.05, 0) is 37.0 Å². The van der Waals surface area contributed by atoms with Gasteiger partial charge in [-0.1, -0.05) is 0 Å². The number of aromatic nitrogens is 1. The first-order valence-electron chi connectivity index (χ1n) is 5.41. The molecule has 3 heteroatoms. The molecular formula is C12H16N2O. The van der Waals surface area contributed by atoms with Crippen LogP contribution in [0.1, 0.15) is 18.4 Å². The largest absolute Gasteiger partial charge is 0.345 e. The van der Waals surface area contributed by atoms with Crippen molar-refractivity contribution in [3.8, 4) is 0 Å². The van der Waals surface area contributed by atoms with Crippen LogP contribution in [0, 0.1) is 5.92 Å². The quantitative estimate of drug-likeness (QED) is 0.744. The molecule has 0 N–H and O–H groups in total. The number of hydrogen-bond donors (Lipinski definition) is 0. The number of likely N-dealkylation sites (N-methyl/N-ethyl adjacent to an activating group) is 1. The van der Waals surface area contributed by atoms with E-state index in [0.29, 0.717) is 11.8 Å². The Kier molecular flexibility index (Phi) is 2.99. The topological polar surface area (TPSA) is 33.2 Å². The number of nitrogens with zero attached hydrogens (tertiary/aromatic N) is 2. The minimum absolute atomic E-state index is 0.309. The van der Waals surface area contributed by atoms with E-state index in [1.807, 2.05) is 24.1 Å². The molecule has 0 unspecified atom stereocenters. The average molecular weight is 204 g/mol. The van der Waals surface area contributed by atoms with Crippen molar-refractivity contribution < 1.29 is 4.79 Å². The van der Waals surface area contributed by atoms with Crippen LogP contribution in [-0.4, -0.2) is 29.4 Å². The molecule has 0 radical (unpaired) electrons. The molecule has 1 aliphatic rings. The van der Waals surface area contributed by atoms with Gasteiger partial charge in [0.25, 0.3) is 0 Å². The highest BCUT2D eigenvalue weighted by Crippen LogP contribution is 2.30. The van der Waals surface area contributed by atoms with Crippen molar-refractivity contribution in [2.45, 2.75) is 19.3 Å². The van der Waals surface area contributed by atoms with Crippen molar-refractivity contribution in [2.24, 2.45) is 5.92 Å². The van der Waals surface area contributed by atoms with Crippen LogP contribution in [0.5, 0.6) is 0 Å².